The summed E-state index contributed by atoms with van der Waals surface area (Å²) >= 11 is 0. The second-order valence-electron chi connectivity index (χ2n) is 8.33. The third-order valence-corrected chi connectivity index (χ3v) is 6.08. The molecule has 1 unspecified atom stereocenters. The normalized spacial score (nSPS) is 18.9. The van der Waals surface area contributed by atoms with Crippen molar-refractivity contribution in [2.24, 2.45) is 0 Å². The summed E-state index contributed by atoms with van der Waals surface area (Å²) in [6, 6.07) is 12.0. The highest BCUT2D eigenvalue weighted by Crippen LogP contribution is 2.19. The van der Waals surface area contributed by atoms with E-state index in [0.717, 1.165) is 25.2 Å². The van der Waals surface area contributed by atoms with Crippen LogP contribution in [0.15, 0.2) is 42.6 Å². The molecular formula is C23H31N5O3. The summed E-state index contributed by atoms with van der Waals surface area (Å²) in [7, 11) is 1.68. The first-order valence-electron chi connectivity index (χ1n) is 10.8. The van der Waals surface area contributed by atoms with Crippen molar-refractivity contribution >= 4 is 6.03 Å². The number of nitrogens with one attached hydrogen (secondary N) is 1. The van der Waals surface area contributed by atoms with Gasteiger partial charge < -0.3 is 20.0 Å². The Balaban J connectivity index is 1.26. The lowest BCUT2D eigenvalue weighted by molar-refractivity contribution is 0.0812. The number of aliphatic hydroxyl groups excluding tert-OH is 2. The summed E-state index contributed by atoms with van der Waals surface area (Å²) in [5.41, 5.74) is 4.17. The molecule has 3 N–H and O–H groups in total. The molecule has 2 aromatic rings. The maximum absolute atomic E-state index is 12.8. The molecule has 166 valence electrons. The molecule has 0 aliphatic carbocycles. The molecule has 1 aromatic heterocycles. The number of hydrogen-bond acceptors (Lipinski definition) is 6. The number of benzene rings is 1. The fraction of sp³-hybridized carbons (Fsp3) is 0.478. The number of amides is 2. The van der Waals surface area contributed by atoms with Crippen LogP contribution in [-0.2, 0) is 19.5 Å². The first-order valence-corrected chi connectivity index (χ1v) is 10.8. The average molecular weight is 426 g/mol. The number of carbonyl (C=O) groups is 1. The Kier molecular flexibility index (Phi) is 6.82. The van der Waals surface area contributed by atoms with Crippen molar-refractivity contribution in [3.8, 4) is 0 Å². The molecule has 31 heavy (non-hydrogen) atoms. The summed E-state index contributed by atoms with van der Waals surface area (Å²) in [6.45, 7) is 4.32. The molecule has 0 radical (unpaired) electrons. The van der Waals surface area contributed by atoms with E-state index in [2.05, 4.69) is 39.5 Å². The van der Waals surface area contributed by atoms with Crippen molar-refractivity contribution in [1.82, 2.24) is 25.0 Å². The number of nitrogens with zero attached hydrogens (tertiary/aromatic N) is 4. The fourth-order valence-corrected chi connectivity index (χ4v) is 4.32. The Morgan fingerprint density at radius 3 is 2.55 bits per heavy atom. The lowest BCUT2D eigenvalue weighted by Crippen LogP contribution is -2.43. The first kappa shape index (κ1) is 21.7. The number of aliphatic hydroxyl groups is 2. The minimum atomic E-state index is -0.750. The molecule has 1 saturated heterocycles. The van der Waals surface area contributed by atoms with Gasteiger partial charge in [-0.3, -0.25) is 15.2 Å². The van der Waals surface area contributed by atoms with Gasteiger partial charge in [0.2, 0.25) is 0 Å². The van der Waals surface area contributed by atoms with Gasteiger partial charge in [0.15, 0.2) is 0 Å². The number of rotatable bonds is 8. The van der Waals surface area contributed by atoms with Crippen molar-refractivity contribution in [2.75, 3.05) is 39.8 Å². The predicted molar refractivity (Wildman–Crippen MR) is 117 cm³/mol. The quantitative estimate of drug-likeness (QED) is 0.546. The van der Waals surface area contributed by atoms with Crippen LogP contribution in [0.5, 0.6) is 0 Å². The summed E-state index contributed by atoms with van der Waals surface area (Å²) in [5, 5.41) is 23.2. The van der Waals surface area contributed by atoms with E-state index in [0.29, 0.717) is 38.3 Å². The van der Waals surface area contributed by atoms with Crippen LogP contribution < -0.4 is 5.32 Å². The highest BCUT2D eigenvalue weighted by Gasteiger charge is 2.30. The van der Waals surface area contributed by atoms with Gasteiger partial charge in [-0.2, -0.15) is 0 Å². The van der Waals surface area contributed by atoms with Crippen LogP contribution in [0.1, 0.15) is 28.6 Å². The molecule has 2 aliphatic rings. The zero-order valence-corrected chi connectivity index (χ0v) is 17.9. The van der Waals surface area contributed by atoms with Crippen LogP contribution in [0.25, 0.3) is 0 Å². The molecule has 1 fully saturated rings. The SMILES string of the molecule is CNC(O)c1ccc(CN2CCN(C[C@H](O)CN3CCc4ccccc4C3)C2=O)nc1. The molecular weight excluding hydrogens is 394 g/mol. The van der Waals surface area contributed by atoms with Gasteiger partial charge in [0, 0.05) is 51.0 Å². The standard InChI is InChI=1S/C23H31N5O3/c1-24-22(30)18-6-7-20(25-12-18)14-27-10-11-28(23(27)31)16-21(29)15-26-9-8-17-4-2-3-5-19(17)13-26/h2-7,12,21-22,24,29-30H,8-11,13-16H2,1H3/t21-,22?/m1/s1. The number of fused-ring (bicyclic) bond motifs is 1. The van der Waals surface area contributed by atoms with Crippen LogP contribution in [0.2, 0.25) is 0 Å². The molecule has 2 atom stereocenters. The highest BCUT2D eigenvalue weighted by molar-refractivity contribution is 5.76. The van der Waals surface area contributed by atoms with Crippen LogP contribution >= 0.6 is 0 Å². The number of pyridine rings is 1. The Morgan fingerprint density at radius 1 is 1.03 bits per heavy atom. The summed E-state index contributed by atoms with van der Waals surface area (Å²) in [6.07, 6.45) is 1.29. The van der Waals surface area contributed by atoms with E-state index in [-0.39, 0.29) is 6.03 Å². The van der Waals surface area contributed by atoms with Crippen LogP contribution in [0, 0.1) is 0 Å². The first-order chi connectivity index (χ1) is 15.0. The second kappa shape index (κ2) is 9.74. The summed E-state index contributed by atoms with van der Waals surface area (Å²) in [4.78, 5) is 22.9. The average Bonchev–Trinajstić information content (AvgIpc) is 3.12. The minimum absolute atomic E-state index is 0.0656. The van der Waals surface area contributed by atoms with E-state index in [1.165, 1.54) is 11.1 Å². The van der Waals surface area contributed by atoms with Gasteiger partial charge >= 0.3 is 6.03 Å². The Hall–Kier alpha value is -2.52. The van der Waals surface area contributed by atoms with Crippen LogP contribution in [-0.4, -0.2) is 81.8 Å². The number of hydrogen-bond donors (Lipinski definition) is 3. The van der Waals surface area contributed by atoms with E-state index >= 15 is 0 Å². The van der Waals surface area contributed by atoms with Crippen molar-refractivity contribution in [3.05, 3.63) is 65.0 Å². The van der Waals surface area contributed by atoms with Gasteiger partial charge in [0.1, 0.15) is 6.23 Å². The smallest absolute Gasteiger partial charge is 0.320 e. The highest BCUT2D eigenvalue weighted by atomic mass is 16.3. The maximum Gasteiger partial charge on any atom is 0.320 e. The molecule has 2 amide bonds. The Bertz CT molecular complexity index is 891. The van der Waals surface area contributed by atoms with Gasteiger partial charge in [0.05, 0.1) is 18.3 Å². The summed E-state index contributed by atoms with van der Waals surface area (Å²) < 4.78 is 0. The third-order valence-electron chi connectivity index (χ3n) is 6.08. The number of aromatic nitrogens is 1. The van der Waals surface area contributed by atoms with Gasteiger partial charge in [-0.25, -0.2) is 4.79 Å². The van der Waals surface area contributed by atoms with E-state index in [1.54, 1.807) is 23.0 Å². The maximum atomic E-state index is 12.8. The molecule has 0 spiro atoms. The number of carbonyl (C=O) groups excluding carboxylic acids is 1. The molecule has 0 saturated carbocycles. The number of urea groups is 1. The number of β-amino-alcohol motifs (C(OH)–C–C–N with tert-alkyl or cyclic N) is 1. The van der Waals surface area contributed by atoms with Crippen molar-refractivity contribution in [1.29, 1.82) is 0 Å². The predicted octanol–water partition coefficient (Wildman–Crippen LogP) is 0.949. The van der Waals surface area contributed by atoms with Crippen molar-refractivity contribution in [2.45, 2.75) is 31.8 Å². The monoisotopic (exact) mass is 425 g/mol. The zero-order valence-electron chi connectivity index (χ0n) is 17.9. The van der Waals surface area contributed by atoms with Crippen LogP contribution in [0.3, 0.4) is 0 Å². The van der Waals surface area contributed by atoms with E-state index in [9.17, 15) is 15.0 Å². The third kappa shape index (κ3) is 5.22. The van der Waals surface area contributed by atoms with Crippen molar-refractivity contribution < 1.29 is 15.0 Å². The molecule has 1 aromatic carbocycles. The van der Waals surface area contributed by atoms with E-state index < -0.39 is 12.3 Å². The van der Waals surface area contributed by atoms with Crippen molar-refractivity contribution in [3.63, 3.8) is 0 Å². The molecule has 2 aliphatic heterocycles. The molecule has 0 bridgehead atoms. The topological polar surface area (TPSA) is 92.2 Å². The van der Waals surface area contributed by atoms with Gasteiger partial charge in [-0.1, -0.05) is 30.3 Å². The zero-order chi connectivity index (χ0) is 21.8. The Labute approximate surface area is 183 Å². The van der Waals surface area contributed by atoms with Gasteiger partial charge in [0.25, 0.3) is 0 Å². The van der Waals surface area contributed by atoms with E-state index in [4.69, 9.17) is 0 Å². The lowest BCUT2D eigenvalue weighted by atomic mass is 10.00. The molecule has 4 rings (SSSR count). The molecule has 8 heteroatoms. The Morgan fingerprint density at radius 2 is 1.81 bits per heavy atom. The molecule has 3 heterocycles. The lowest BCUT2D eigenvalue weighted by Gasteiger charge is -2.31. The summed E-state index contributed by atoms with van der Waals surface area (Å²) in [5.74, 6) is 0. The minimum Gasteiger partial charge on any atom is -0.390 e. The fourth-order valence-electron chi connectivity index (χ4n) is 4.32. The van der Waals surface area contributed by atoms with Gasteiger partial charge in [-0.15, -0.1) is 0 Å². The van der Waals surface area contributed by atoms with Crippen LogP contribution in [0.4, 0.5) is 4.79 Å². The van der Waals surface area contributed by atoms with E-state index in [1.807, 2.05) is 12.1 Å². The largest absolute Gasteiger partial charge is 0.390 e. The second-order valence-corrected chi connectivity index (χ2v) is 8.33. The van der Waals surface area contributed by atoms with Gasteiger partial charge in [-0.05, 0) is 30.7 Å². The molecule has 8 nitrogen and oxygen atoms in total.